The summed E-state index contributed by atoms with van der Waals surface area (Å²) in [6.07, 6.45) is 2.95. The molecule has 0 aliphatic heterocycles. The van der Waals surface area contributed by atoms with Crippen LogP contribution in [0.1, 0.15) is 56.3 Å². The van der Waals surface area contributed by atoms with Crippen molar-refractivity contribution in [2.45, 2.75) is 57.6 Å². The quantitative estimate of drug-likeness (QED) is 0.692. The summed E-state index contributed by atoms with van der Waals surface area (Å²) in [4.78, 5) is 24.9. The van der Waals surface area contributed by atoms with E-state index >= 15 is 0 Å². The minimum atomic E-state index is -1.06. The molecule has 1 atom stereocenters. The molecule has 0 saturated heterocycles. The van der Waals surface area contributed by atoms with Gasteiger partial charge in [0.25, 0.3) is 5.91 Å². The van der Waals surface area contributed by atoms with Crippen LogP contribution in [0.15, 0.2) is 12.1 Å². The molecule has 1 aliphatic carbocycles. The van der Waals surface area contributed by atoms with Gasteiger partial charge in [-0.25, -0.2) is 4.79 Å². The van der Waals surface area contributed by atoms with Gasteiger partial charge in [0, 0.05) is 0 Å². The minimum Gasteiger partial charge on any atom is -0.493 e. The molecule has 8 heteroatoms. The lowest BCUT2D eigenvalue weighted by Crippen LogP contribution is -2.52. The van der Waals surface area contributed by atoms with Crippen molar-refractivity contribution in [1.82, 2.24) is 5.32 Å². The average molecular weight is 409 g/mol. The lowest BCUT2D eigenvalue weighted by Gasteiger charge is -2.32. The van der Waals surface area contributed by atoms with Gasteiger partial charge in [-0.2, -0.15) is 5.26 Å². The molecule has 1 fully saturated rings. The third-order valence-corrected chi connectivity index (χ3v) is 4.97. The number of benzene rings is 1. The molecule has 1 N–H and O–H groups in total. The molecule has 1 saturated carbocycles. The van der Waals surface area contributed by atoms with Crippen LogP contribution < -0.4 is 14.8 Å². The summed E-state index contributed by atoms with van der Waals surface area (Å²) in [5.41, 5.74) is -0.751. The molecule has 0 heterocycles. The van der Waals surface area contributed by atoms with Crippen molar-refractivity contribution in [3.05, 3.63) is 22.7 Å². The van der Waals surface area contributed by atoms with E-state index < -0.39 is 23.5 Å². The Kier molecular flexibility index (Phi) is 7.53. The van der Waals surface area contributed by atoms with Crippen LogP contribution in [0.2, 0.25) is 5.02 Å². The largest absolute Gasteiger partial charge is 0.493 e. The second-order valence-corrected chi connectivity index (χ2v) is 7.12. The highest BCUT2D eigenvalue weighted by molar-refractivity contribution is 6.32. The number of nitrogens with one attached hydrogen (secondary N) is 1. The lowest BCUT2D eigenvalue weighted by atomic mass is 9.83. The van der Waals surface area contributed by atoms with Crippen LogP contribution in [0.25, 0.3) is 0 Å². The number of halogens is 1. The van der Waals surface area contributed by atoms with Gasteiger partial charge in [-0.15, -0.1) is 0 Å². The predicted octanol–water partition coefficient (Wildman–Crippen LogP) is 3.64. The second kappa shape index (κ2) is 9.65. The number of nitrogens with zero attached hydrogens (tertiary/aromatic N) is 1. The van der Waals surface area contributed by atoms with E-state index in [0.717, 1.165) is 19.3 Å². The van der Waals surface area contributed by atoms with Crippen molar-refractivity contribution < 1.29 is 23.8 Å². The molecule has 0 bridgehead atoms. The van der Waals surface area contributed by atoms with E-state index in [0.29, 0.717) is 30.9 Å². The molecule has 152 valence electrons. The van der Waals surface area contributed by atoms with Crippen LogP contribution in [0, 0.1) is 11.3 Å². The number of carbonyl (C=O) groups is 2. The molecule has 0 radical (unpaired) electrons. The summed E-state index contributed by atoms with van der Waals surface area (Å²) in [6.45, 7) is 3.66. The topological polar surface area (TPSA) is 97.6 Å². The van der Waals surface area contributed by atoms with E-state index in [1.165, 1.54) is 26.2 Å². The number of esters is 1. The smallest absolute Gasteiger partial charge is 0.339 e. The number of methoxy groups -OCH3 is 1. The van der Waals surface area contributed by atoms with Crippen LogP contribution in [-0.4, -0.2) is 37.2 Å². The number of hydrogen-bond acceptors (Lipinski definition) is 6. The first-order valence-electron chi connectivity index (χ1n) is 9.30. The Bertz CT molecular complexity index is 769. The fraction of sp³-hybridized carbons (Fsp3) is 0.550. The Labute approximate surface area is 169 Å². The van der Waals surface area contributed by atoms with E-state index in [1.54, 1.807) is 6.92 Å². The van der Waals surface area contributed by atoms with Gasteiger partial charge in [-0.1, -0.05) is 30.9 Å². The van der Waals surface area contributed by atoms with E-state index in [1.807, 2.05) is 0 Å². The molecular weight excluding hydrogens is 384 g/mol. The van der Waals surface area contributed by atoms with Crippen LogP contribution in [0.3, 0.4) is 0 Å². The highest BCUT2D eigenvalue weighted by atomic mass is 35.5. The van der Waals surface area contributed by atoms with Gasteiger partial charge in [0.15, 0.2) is 17.6 Å². The molecule has 1 aliphatic rings. The van der Waals surface area contributed by atoms with Crippen molar-refractivity contribution in [2.24, 2.45) is 0 Å². The third kappa shape index (κ3) is 5.08. The molecule has 1 aromatic carbocycles. The SMILES string of the molecule is CCOc1c(Cl)cc(C(=O)O[C@@H](C)C(=O)NC2(C#N)CCCCC2)cc1OC. The summed E-state index contributed by atoms with van der Waals surface area (Å²) < 4.78 is 15.9. The van der Waals surface area contributed by atoms with Gasteiger partial charge in [-0.05, 0) is 38.8 Å². The molecular formula is C20H25ClN2O5. The van der Waals surface area contributed by atoms with Crippen molar-refractivity contribution in [2.75, 3.05) is 13.7 Å². The predicted molar refractivity (Wildman–Crippen MR) is 104 cm³/mol. The average Bonchev–Trinajstić information content (AvgIpc) is 2.69. The highest BCUT2D eigenvalue weighted by Crippen LogP contribution is 2.36. The fourth-order valence-corrected chi connectivity index (χ4v) is 3.43. The molecule has 1 amide bonds. The van der Waals surface area contributed by atoms with E-state index in [9.17, 15) is 14.9 Å². The molecule has 0 unspecified atom stereocenters. The van der Waals surface area contributed by atoms with Crippen LogP contribution in [-0.2, 0) is 9.53 Å². The maximum atomic E-state index is 12.5. The van der Waals surface area contributed by atoms with Crippen molar-refractivity contribution in [3.63, 3.8) is 0 Å². The first-order chi connectivity index (χ1) is 13.4. The van der Waals surface area contributed by atoms with E-state index in [2.05, 4.69) is 11.4 Å². The summed E-state index contributed by atoms with van der Waals surface area (Å²) in [7, 11) is 1.44. The number of hydrogen-bond donors (Lipinski definition) is 1. The van der Waals surface area contributed by atoms with Crippen LogP contribution in [0.4, 0.5) is 0 Å². The zero-order valence-corrected chi connectivity index (χ0v) is 17.1. The number of rotatable bonds is 7. The lowest BCUT2D eigenvalue weighted by molar-refractivity contribution is -0.130. The molecule has 2 rings (SSSR count). The first kappa shape index (κ1) is 21.8. The Hall–Kier alpha value is -2.46. The van der Waals surface area contributed by atoms with Gasteiger partial charge < -0.3 is 19.5 Å². The summed E-state index contributed by atoms with van der Waals surface area (Å²) in [5, 5.41) is 12.4. The van der Waals surface area contributed by atoms with Gasteiger partial charge >= 0.3 is 5.97 Å². The maximum absolute atomic E-state index is 12.5. The molecule has 7 nitrogen and oxygen atoms in total. The van der Waals surface area contributed by atoms with Gasteiger partial charge in [-0.3, -0.25) is 4.79 Å². The maximum Gasteiger partial charge on any atom is 0.339 e. The Morgan fingerprint density at radius 3 is 2.57 bits per heavy atom. The van der Waals surface area contributed by atoms with Crippen molar-refractivity contribution in [3.8, 4) is 17.6 Å². The normalized spacial score (nSPS) is 16.4. The van der Waals surface area contributed by atoms with Gasteiger partial charge in [0.2, 0.25) is 0 Å². The molecule has 28 heavy (non-hydrogen) atoms. The molecule has 1 aromatic rings. The first-order valence-corrected chi connectivity index (χ1v) is 9.68. The van der Waals surface area contributed by atoms with Gasteiger partial charge in [0.05, 0.1) is 30.4 Å². The highest BCUT2D eigenvalue weighted by Gasteiger charge is 2.35. The monoisotopic (exact) mass is 408 g/mol. The fourth-order valence-electron chi connectivity index (χ4n) is 3.16. The van der Waals surface area contributed by atoms with Gasteiger partial charge in [0.1, 0.15) is 5.54 Å². The Morgan fingerprint density at radius 2 is 2.00 bits per heavy atom. The standard InChI is InChI=1S/C20H25ClN2O5/c1-4-27-17-15(21)10-14(11-16(17)26-3)19(25)28-13(2)18(24)23-20(12-22)8-6-5-7-9-20/h10-11,13H,4-9H2,1-3H3,(H,23,24)/t13-/m0/s1. The summed E-state index contributed by atoms with van der Waals surface area (Å²) >= 11 is 6.17. The van der Waals surface area contributed by atoms with Crippen LogP contribution in [0.5, 0.6) is 11.5 Å². The van der Waals surface area contributed by atoms with Crippen LogP contribution >= 0.6 is 11.6 Å². The van der Waals surface area contributed by atoms with E-state index in [4.69, 9.17) is 25.8 Å². The second-order valence-electron chi connectivity index (χ2n) is 6.71. The molecule has 0 spiro atoms. The van der Waals surface area contributed by atoms with Crippen molar-refractivity contribution >= 4 is 23.5 Å². The number of carbonyl (C=O) groups excluding carboxylic acids is 2. The number of ether oxygens (including phenoxy) is 3. The van der Waals surface area contributed by atoms with Crippen molar-refractivity contribution in [1.29, 1.82) is 5.26 Å². The zero-order chi connectivity index (χ0) is 20.7. The third-order valence-electron chi connectivity index (χ3n) is 4.69. The summed E-state index contributed by atoms with van der Waals surface area (Å²) in [6, 6.07) is 5.06. The van der Waals surface area contributed by atoms with E-state index in [-0.39, 0.29) is 10.6 Å². The Balaban J connectivity index is 2.08. The summed E-state index contributed by atoms with van der Waals surface area (Å²) in [5.74, 6) is -0.590. The molecule has 0 aromatic heterocycles. The zero-order valence-electron chi connectivity index (χ0n) is 16.3. The Morgan fingerprint density at radius 1 is 1.32 bits per heavy atom. The minimum absolute atomic E-state index is 0.137. The number of amides is 1. The number of nitriles is 1.